The number of rotatable bonds is 4. The monoisotopic (exact) mass is 430 g/mol. The molecule has 0 atom stereocenters. The number of barbiturate groups is 1. The minimum atomic E-state index is -0.808. The van der Waals surface area contributed by atoms with Gasteiger partial charge in [-0.1, -0.05) is 34.1 Å². The van der Waals surface area contributed by atoms with E-state index in [1.54, 1.807) is 42.5 Å². The van der Waals surface area contributed by atoms with Crippen LogP contribution in [0.5, 0.6) is 11.5 Å². The highest BCUT2D eigenvalue weighted by molar-refractivity contribution is 9.10. The first-order chi connectivity index (χ1) is 13.0. The van der Waals surface area contributed by atoms with Gasteiger partial charge in [-0.3, -0.25) is 14.9 Å². The van der Waals surface area contributed by atoms with Crippen LogP contribution in [0, 0.1) is 0 Å². The van der Waals surface area contributed by atoms with Crippen molar-refractivity contribution in [2.24, 2.45) is 0 Å². The van der Waals surface area contributed by atoms with Gasteiger partial charge in [0.05, 0.1) is 19.9 Å². The van der Waals surface area contributed by atoms with Gasteiger partial charge in [0.2, 0.25) is 0 Å². The van der Waals surface area contributed by atoms with Gasteiger partial charge in [-0.2, -0.15) is 0 Å². The summed E-state index contributed by atoms with van der Waals surface area (Å²) in [7, 11) is 2.95. The van der Waals surface area contributed by atoms with E-state index in [-0.39, 0.29) is 5.57 Å². The third-order valence-electron chi connectivity index (χ3n) is 3.90. The van der Waals surface area contributed by atoms with Crippen molar-refractivity contribution in [1.82, 2.24) is 5.32 Å². The number of ether oxygens (including phenoxy) is 2. The first kappa shape index (κ1) is 18.7. The Bertz CT molecular complexity index is 970. The van der Waals surface area contributed by atoms with Gasteiger partial charge in [-0.05, 0) is 30.3 Å². The number of benzene rings is 2. The Labute approximate surface area is 163 Å². The van der Waals surface area contributed by atoms with Crippen molar-refractivity contribution in [2.75, 3.05) is 19.1 Å². The Morgan fingerprint density at radius 2 is 1.78 bits per heavy atom. The fourth-order valence-electron chi connectivity index (χ4n) is 2.69. The SMILES string of the molecule is COc1cccc(/C=C2\C(=O)NC(=O)N(c3cccc(Br)c3)C2=O)c1OC. The van der Waals surface area contributed by atoms with Gasteiger partial charge in [0, 0.05) is 10.0 Å². The summed E-state index contributed by atoms with van der Waals surface area (Å²) < 4.78 is 11.3. The average molecular weight is 431 g/mol. The van der Waals surface area contributed by atoms with Crippen LogP contribution in [0.3, 0.4) is 0 Å². The number of nitrogens with zero attached hydrogens (tertiary/aromatic N) is 1. The van der Waals surface area contributed by atoms with Gasteiger partial charge < -0.3 is 9.47 Å². The zero-order chi connectivity index (χ0) is 19.6. The second-order valence-corrected chi connectivity index (χ2v) is 6.44. The van der Waals surface area contributed by atoms with E-state index < -0.39 is 17.8 Å². The number of carbonyl (C=O) groups excluding carboxylic acids is 3. The molecule has 0 radical (unpaired) electrons. The van der Waals surface area contributed by atoms with Crippen LogP contribution in [-0.4, -0.2) is 32.1 Å². The molecule has 0 saturated carbocycles. The van der Waals surface area contributed by atoms with Gasteiger partial charge >= 0.3 is 6.03 Å². The van der Waals surface area contributed by atoms with Crippen molar-refractivity contribution >= 4 is 45.5 Å². The molecule has 3 rings (SSSR count). The Morgan fingerprint density at radius 3 is 2.44 bits per heavy atom. The lowest BCUT2D eigenvalue weighted by Gasteiger charge is -2.26. The van der Waals surface area contributed by atoms with Crippen LogP contribution in [0.2, 0.25) is 0 Å². The summed E-state index contributed by atoms with van der Waals surface area (Å²) in [5.41, 5.74) is 0.614. The number of carbonyl (C=O) groups is 3. The van der Waals surface area contributed by atoms with E-state index in [2.05, 4.69) is 21.2 Å². The van der Waals surface area contributed by atoms with Crippen LogP contribution in [0.1, 0.15) is 5.56 Å². The highest BCUT2D eigenvalue weighted by atomic mass is 79.9. The summed E-state index contributed by atoms with van der Waals surface area (Å²) in [6.07, 6.45) is 1.37. The quantitative estimate of drug-likeness (QED) is 0.594. The number of halogens is 1. The molecule has 0 aromatic heterocycles. The van der Waals surface area contributed by atoms with Gasteiger partial charge in [0.25, 0.3) is 11.8 Å². The molecular weight excluding hydrogens is 416 g/mol. The van der Waals surface area contributed by atoms with Crippen molar-refractivity contribution in [3.63, 3.8) is 0 Å². The van der Waals surface area contributed by atoms with Gasteiger partial charge in [-0.15, -0.1) is 0 Å². The van der Waals surface area contributed by atoms with Crippen LogP contribution in [-0.2, 0) is 9.59 Å². The molecule has 7 nitrogen and oxygen atoms in total. The molecule has 0 unspecified atom stereocenters. The number of nitrogens with one attached hydrogen (secondary N) is 1. The van der Waals surface area contributed by atoms with Gasteiger partial charge in [0.1, 0.15) is 5.57 Å². The van der Waals surface area contributed by atoms with Crippen molar-refractivity contribution in [3.05, 3.63) is 58.1 Å². The van der Waals surface area contributed by atoms with Crippen molar-refractivity contribution in [1.29, 1.82) is 0 Å². The van der Waals surface area contributed by atoms with Crippen molar-refractivity contribution < 1.29 is 23.9 Å². The normalized spacial score (nSPS) is 15.7. The minimum Gasteiger partial charge on any atom is -0.493 e. The summed E-state index contributed by atoms with van der Waals surface area (Å²) in [5, 5.41) is 2.19. The standard InChI is InChI=1S/C19H15BrN2O5/c1-26-15-8-3-5-11(16(15)27-2)9-14-17(23)21-19(25)22(18(14)24)13-7-4-6-12(20)10-13/h3-10H,1-2H3,(H,21,23,25)/b14-9+. The van der Waals surface area contributed by atoms with E-state index in [0.29, 0.717) is 27.2 Å². The van der Waals surface area contributed by atoms with Crippen LogP contribution in [0.15, 0.2) is 52.5 Å². The predicted octanol–water partition coefficient (Wildman–Crippen LogP) is 3.13. The fraction of sp³-hybridized carbons (Fsp3) is 0.105. The maximum Gasteiger partial charge on any atom is 0.335 e. The highest BCUT2D eigenvalue weighted by Gasteiger charge is 2.37. The van der Waals surface area contributed by atoms with Crippen LogP contribution in [0.25, 0.3) is 6.08 Å². The van der Waals surface area contributed by atoms with E-state index in [0.717, 1.165) is 4.90 Å². The fourth-order valence-corrected chi connectivity index (χ4v) is 3.08. The second-order valence-electron chi connectivity index (χ2n) is 5.52. The Hall–Kier alpha value is -3.13. The van der Waals surface area contributed by atoms with E-state index in [1.165, 1.54) is 20.3 Å². The van der Waals surface area contributed by atoms with Crippen molar-refractivity contribution in [2.45, 2.75) is 0 Å². The number of amides is 4. The third kappa shape index (κ3) is 3.56. The molecule has 1 aliphatic rings. The number of methoxy groups -OCH3 is 2. The molecule has 1 fully saturated rings. The number of urea groups is 1. The van der Waals surface area contributed by atoms with Gasteiger partial charge in [0.15, 0.2) is 11.5 Å². The third-order valence-corrected chi connectivity index (χ3v) is 4.39. The highest BCUT2D eigenvalue weighted by Crippen LogP contribution is 2.33. The van der Waals surface area contributed by atoms with Crippen LogP contribution >= 0.6 is 15.9 Å². The Kier molecular flexibility index (Phi) is 5.27. The first-order valence-corrected chi connectivity index (χ1v) is 8.63. The molecule has 1 heterocycles. The summed E-state index contributed by atoms with van der Waals surface area (Å²) >= 11 is 3.30. The molecule has 1 N–H and O–H groups in total. The number of anilines is 1. The molecule has 8 heteroatoms. The molecule has 0 spiro atoms. The zero-order valence-corrected chi connectivity index (χ0v) is 16.1. The van der Waals surface area contributed by atoms with E-state index >= 15 is 0 Å². The Balaban J connectivity index is 2.08. The molecule has 0 bridgehead atoms. The average Bonchev–Trinajstić information content (AvgIpc) is 2.64. The smallest absolute Gasteiger partial charge is 0.335 e. The van der Waals surface area contributed by atoms with Crippen molar-refractivity contribution in [3.8, 4) is 11.5 Å². The van der Waals surface area contributed by atoms with Crippen LogP contribution in [0.4, 0.5) is 10.5 Å². The topological polar surface area (TPSA) is 84.9 Å². The molecule has 2 aromatic carbocycles. The minimum absolute atomic E-state index is 0.193. The number of para-hydroxylation sites is 1. The molecule has 2 aromatic rings. The molecule has 138 valence electrons. The second kappa shape index (κ2) is 7.63. The Morgan fingerprint density at radius 1 is 1.04 bits per heavy atom. The lowest BCUT2D eigenvalue weighted by Crippen LogP contribution is -2.54. The lowest BCUT2D eigenvalue weighted by molar-refractivity contribution is -0.122. The molecule has 1 aliphatic heterocycles. The summed E-state index contributed by atoms with van der Waals surface area (Å²) in [6.45, 7) is 0. The number of hydrogen-bond acceptors (Lipinski definition) is 5. The van der Waals surface area contributed by atoms with E-state index in [4.69, 9.17) is 9.47 Å². The summed E-state index contributed by atoms with van der Waals surface area (Å²) in [4.78, 5) is 38.3. The zero-order valence-electron chi connectivity index (χ0n) is 14.5. The predicted molar refractivity (Wildman–Crippen MR) is 103 cm³/mol. The maximum absolute atomic E-state index is 12.9. The molecule has 27 heavy (non-hydrogen) atoms. The summed E-state index contributed by atoms with van der Waals surface area (Å²) in [6, 6.07) is 10.9. The van der Waals surface area contributed by atoms with Gasteiger partial charge in [-0.25, -0.2) is 9.69 Å². The number of imide groups is 2. The summed E-state index contributed by atoms with van der Waals surface area (Å²) in [5.74, 6) is -0.678. The molecular formula is C19H15BrN2O5. The molecule has 0 aliphatic carbocycles. The first-order valence-electron chi connectivity index (χ1n) is 7.84. The molecule has 4 amide bonds. The maximum atomic E-state index is 12.9. The lowest BCUT2D eigenvalue weighted by atomic mass is 10.1. The largest absolute Gasteiger partial charge is 0.493 e. The molecule has 1 saturated heterocycles. The van der Waals surface area contributed by atoms with E-state index in [1.807, 2.05) is 0 Å². The van der Waals surface area contributed by atoms with E-state index in [9.17, 15) is 14.4 Å². The number of hydrogen-bond donors (Lipinski definition) is 1. The van der Waals surface area contributed by atoms with Crippen LogP contribution < -0.4 is 19.7 Å².